The summed E-state index contributed by atoms with van der Waals surface area (Å²) in [4.78, 5) is 0. The van der Waals surface area contributed by atoms with Crippen molar-refractivity contribution in [3.8, 4) is 6.07 Å². The summed E-state index contributed by atoms with van der Waals surface area (Å²) in [5.74, 6) is 0.523. The summed E-state index contributed by atoms with van der Waals surface area (Å²) < 4.78 is 21.3. The molecule has 1 aliphatic heterocycles. The molecule has 3 rings (SSSR count). The summed E-state index contributed by atoms with van der Waals surface area (Å²) in [5, 5.41) is 9.04. The molecule has 112 valence electrons. The molecule has 0 radical (unpaired) electrons. The van der Waals surface area contributed by atoms with Gasteiger partial charge in [0.25, 0.3) is 7.52 Å². The van der Waals surface area contributed by atoms with Gasteiger partial charge in [-0.15, -0.1) is 0 Å². The van der Waals surface area contributed by atoms with Crippen LogP contribution in [0.1, 0.15) is 47.5 Å². The topological polar surface area (TPSA) is 53.3 Å². The van der Waals surface area contributed by atoms with Gasteiger partial charge < -0.3 is 4.52 Å². The van der Waals surface area contributed by atoms with Crippen molar-refractivity contribution in [2.45, 2.75) is 65.6 Å². The van der Waals surface area contributed by atoms with Gasteiger partial charge in [0.2, 0.25) is 0 Å². The lowest BCUT2D eigenvalue weighted by Crippen LogP contribution is -2.44. The van der Waals surface area contributed by atoms with Crippen molar-refractivity contribution in [1.29, 1.82) is 5.26 Å². The zero-order valence-corrected chi connectivity index (χ0v) is 14.0. The zero-order valence-electron chi connectivity index (χ0n) is 13.1. The van der Waals surface area contributed by atoms with E-state index in [0.717, 1.165) is 6.42 Å². The smallest absolute Gasteiger partial charge is 0.287 e. The Morgan fingerprint density at radius 3 is 2.65 bits per heavy atom. The maximum Gasteiger partial charge on any atom is 0.287 e. The van der Waals surface area contributed by atoms with E-state index in [1.54, 1.807) is 0 Å². The van der Waals surface area contributed by atoms with Crippen LogP contribution in [-0.2, 0) is 9.09 Å². The molecule has 2 aliphatic carbocycles. The lowest BCUT2D eigenvalue weighted by atomic mass is 9.70. The van der Waals surface area contributed by atoms with Gasteiger partial charge in [-0.1, -0.05) is 20.8 Å². The molecule has 2 saturated carbocycles. The Hall–Kier alpha value is -0.360. The van der Waals surface area contributed by atoms with Crippen LogP contribution in [0.4, 0.5) is 0 Å². The summed E-state index contributed by atoms with van der Waals surface area (Å²) in [6, 6.07) is 2.46. The third-order valence-corrected chi connectivity index (χ3v) is 8.99. The molecule has 0 aromatic carbocycles. The van der Waals surface area contributed by atoms with Gasteiger partial charge in [0.1, 0.15) is 6.16 Å². The molecule has 20 heavy (non-hydrogen) atoms. The number of hydrogen-bond donors (Lipinski definition) is 0. The molecule has 0 aromatic heterocycles. The Labute approximate surface area is 122 Å². The summed E-state index contributed by atoms with van der Waals surface area (Å²) in [6.45, 7) is 11.1. The zero-order chi connectivity index (χ0) is 14.9. The van der Waals surface area contributed by atoms with E-state index in [1.165, 1.54) is 6.42 Å². The maximum atomic E-state index is 13.2. The number of hydrogen-bond acceptors (Lipinski definition) is 3. The lowest BCUT2D eigenvalue weighted by molar-refractivity contribution is 0.0361. The fourth-order valence-corrected chi connectivity index (χ4v) is 7.73. The summed E-state index contributed by atoms with van der Waals surface area (Å²) in [6.07, 6.45) is 2.37. The first-order valence-corrected chi connectivity index (χ1v) is 9.38. The minimum atomic E-state index is -2.98. The van der Waals surface area contributed by atoms with E-state index in [9.17, 15) is 4.57 Å². The molecule has 3 aliphatic rings. The predicted molar refractivity (Wildman–Crippen MR) is 78.3 cm³/mol. The van der Waals surface area contributed by atoms with Gasteiger partial charge in [-0.25, -0.2) is 4.67 Å². The molecule has 0 spiro atoms. The maximum absolute atomic E-state index is 13.2. The number of rotatable bonds is 2. The monoisotopic (exact) mass is 296 g/mol. The van der Waals surface area contributed by atoms with Crippen LogP contribution in [0.2, 0.25) is 0 Å². The van der Waals surface area contributed by atoms with Crippen molar-refractivity contribution in [1.82, 2.24) is 4.67 Å². The van der Waals surface area contributed by atoms with Crippen LogP contribution in [-0.4, -0.2) is 29.0 Å². The molecule has 4 nitrogen and oxygen atoms in total. The van der Waals surface area contributed by atoms with Gasteiger partial charge in [0, 0.05) is 17.5 Å². The standard InChI is InChI=1S/C15H25N2O2P/c1-10(2)17-12-11-6-7-15(5,14(11,3)4)13(12)19-20(17,18)9-8-16/h10-13H,6-7,9H2,1-5H3. The van der Waals surface area contributed by atoms with E-state index in [2.05, 4.69) is 45.4 Å². The first-order chi connectivity index (χ1) is 9.19. The van der Waals surface area contributed by atoms with Crippen LogP contribution in [0.5, 0.6) is 0 Å². The van der Waals surface area contributed by atoms with Crippen molar-refractivity contribution in [3.63, 3.8) is 0 Å². The van der Waals surface area contributed by atoms with E-state index < -0.39 is 7.52 Å². The van der Waals surface area contributed by atoms with Gasteiger partial charge >= 0.3 is 0 Å². The van der Waals surface area contributed by atoms with E-state index >= 15 is 0 Å². The molecule has 0 N–H and O–H groups in total. The summed E-state index contributed by atoms with van der Waals surface area (Å²) in [7, 11) is -2.98. The predicted octanol–water partition coefficient (Wildman–Crippen LogP) is 3.64. The lowest BCUT2D eigenvalue weighted by Gasteiger charge is -2.38. The van der Waals surface area contributed by atoms with E-state index in [1.807, 2.05) is 0 Å². The van der Waals surface area contributed by atoms with Crippen LogP contribution in [0, 0.1) is 28.1 Å². The third kappa shape index (κ3) is 1.47. The number of nitriles is 1. The van der Waals surface area contributed by atoms with Crippen molar-refractivity contribution in [2.24, 2.45) is 16.7 Å². The average molecular weight is 296 g/mol. The minimum absolute atomic E-state index is 0.0153. The normalized spacial score (nSPS) is 49.5. The third-order valence-electron chi connectivity index (χ3n) is 6.46. The molecular weight excluding hydrogens is 271 g/mol. The highest BCUT2D eigenvalue weighted by atomic mass is 31.2. The van der Waals surface area contributed by atoms with E-state index in [-0.39, 0.29) is 35.2 Å². The Bertz CT molecular complexity index is 524. The number of nitrogens with zero attached hydrogens (tertiary/aromatic N) is 2. The van der Waals surface area contributed by atoms with Crippen molar-refractivity contribution in [2.75, 3.05) is 6.16 Å². The Morgan fingerprint density at radius 2 is 2.10 bits per heavy atom. The molecule has 2 bridgehead atoms. The second kappa shape index (κ2) is 4.09. The Morgan fingerprint density at radius 1 is 1.45 bits per heavy atom. The van der Waals surface area contributed by atoms with Crippen LogP contribution in [0.25, 0.3) is 0 Å². The van der Waals surface area contributed by atoms with E-state index in [0.29, 0.717) is 5.92 Å². The molecule has 5 atom stereocenters. The highest BCUT2D eigenvalue weighted by Gasteiger charge is 2.73. The van der Waals surface area contributed by atoms with Gasteiger partial charge in [-0.05, 0) is 38.0 Å². The average Bonchev–Trinajstić information content (AvgIpc) is 2.79. The Balaban J connectivity index is 2.07. The highest BCUT2D eigenvalue weighted by Crippen LogP contribution is 2.76. The Kier molecular flexibility index (Phi) is 2.98. The first-order valence-electron chi connectivity index (χ1n) is 7.62. The largest absolute Gasteiger partial charge is 0.311 e. The summed E-state index contributed by atoms with van der Waals surface area (Å²) >= 11 is 0. The molecule has 0 amide bonds. The second-order valence-corrected chi connectivity index (χ2v) is 9.99. The fraction of sp³-hybridized carbons (Fsp3) is 0.933. The van der Waals surface area contributed by atoms with Gasteiger partial charge in [-0.2, -0.15) is 5.26 Å². The molecule has 1 saturated heterocycles. The quantitative estimate of drug-likeness (QED) is 0.730. The fourth-order valence-electron chi connectivity index (χ4n) is 5.10. The highest BCUT2D eigenvalue weighted by molar-refractivity contribution is 7.57. The van der Waals surface area contributed by atoms with Crippen molar-refractivity contribution >= 4 is 7.52 Å². The first kappa shape index (κ1) is 14.6. The van der Waals surface area contributed by atoms with Crippen molar-refractivity contribution in [3.05, 3.63) is 0 Å². The SMILES string of the molecule is CC(C)N1C2C3CCC(C)(C2OP1(=O)CC#N)C3(C)C. The number of fused-ring (bicyclic) bond motifs is 5. The van der Waals surface area contributed by atoms with Crippen LogP contribution in [0.3, 0.4) is 0 Å². The van der Waals surface area contributed by atoms with Gasteiger partial charge in [0.05, 0.1) is 12.2 Å². The summed E-state index contributed by atoms with van der Waals surface area (Å²) in [5.41, 5.74) is 0.296. The molecule has 1 heterocycles. The molecule has 0 aromatic rings. The van der Waals surface area contributed by atoms with Crippen LogP contribution < -0.4 is 0 Å². The molecule has 5 unspecified atom stereocenters. The van der Waals surface area contributed by atoms with E-state index in [4.69, 9.17) is 9.79 Å². The minimum Gasteiger partial charge on any atom is -0.311 e. The van der Waals surface area contributed by atoms with Gasteiger partial charge in [-0.3, -0.25) is 4.57 Å². The molecule has 3 fully saturated rings. The van der Waals surface area contributed by atoms with Gasteiger partial charge in [0.15, 0.2) is 0 Å². The van der Waals surface area contributed by atoms with Crippen LogP contribution >= 0.6 is 7.52 Å². The molecule has 5 heteroatoms. The van der Waals surface area contributed by atoms with Crippen LogP contribution in [0.15, 0.2) is 0 Å². The molecular formula is C15H25N2O2P. The second-order valence-electron chi connectivity index (χ2n) is 7.73. The van der Waals surface area contributed by atoms with Crippen molar-refractivity contribution < 1.29 is 9.09 Å².